The second-order valence-corrected chi connectivity index (χ2v) is 4.08. The van der Waals surface area contributed by atoms with Crippen LogP contribution in [-0.2, 0) is 4.79 Å². The fourth-order valence-electron chi connectivity index (χ4n) is 1.45. The lowest BCUT2D eigenvalue weighted by molar-refractivity contribution is -0.126. The van der Waals surface area contributed by atoms with Crippen molar-refractivity contribution in [2.45, 2.75) is 13.0 Å². The highest BCUT2D eigenvalue weighted by Gasteiger charge is 2.14. The van der Waals surface area contributed by atoms with Crippen molar-refractivity contribution in [2.75, 3.05) is 5.43 Å². The normalized spacial score (nSPS) is 11.0. The van der Waals surface area contributed by atoms with Crippen molar-refractivity contribution in [1.29, 1.82) is 5.26 Å². The van der Waals surface area contributed by atoms with E-state index in [1.165, 1.54) is 0 Å². The van der Waals surface area contributed by atoms with Crippen molar-refractivity contribution in [3.63, 3.8) is 0 Å². The zero-order chi connectivity index (χ0) is 15.1. The molecule has 1 unspecified atom stereocenters. The van der Waals surface area contributed by atoms with E-state index in [0.29, 0.717) is 11.3 Å². The number of benzene rings is 1. The lowest BCUT2D eigenvalue weighted by Gasteiger charge is -2.14. The third-order valence-corrected chi connectivity index (χ3v) is 2.53. The van der Waals surface area contributed by atoms with Crippen LogP contribution in [0.1, 0.15) is 12.5 Å². The molecule has 1 heterocycles. The Morgan fingerprint density at radius 1 is 1.29 bits per heavy atom. The number of nitrogens with one attached hydrogen (secondary N) is 2. The summed E-state index contributed by atoms with van der Waals surface area (Å²) in [5.74, 6) is 0.427. The van der Waals surface area contributed by atoms with Gasteiger partial charge in [0.2, 0.25) is 5.95 Å². The van der Waals surface area contributed by atoms with E-state index in [1.807, 2.05) is 6.07 Å². The second-order valence-electron chi connectivity index (χ2n) is 4.08. The summed E-state index contributed by atoms with van der Waals surface area (Å²) in [6.45, 7) is 1.61. The molecular formula is C14H13N5O2. The predicted octanol–water partition coefficient (Wildman–Crippen LogP) is 1.26. The first-order chi connectivity index (χ1) is 10.2. The fraction of sp³-hybridized carbons (Fsp3) is 0.143. The molecule has 21 heavy (non-hydrogen) atoms. The number of carbonyl (C=O) groups excluding carboxylic acids is 1. The zero-order valence-electron chi connectivity index (χ0n) is 11.3. The van der Waals surface area contributed by atoms with Crippen LogP contribution in [0.15, 0.2) is 42.7 Å². The van der Waals surface area contributed by atoms with Gasteiger partial charge in [0.25, 0.3) is 5.91 Å². The summed E-state index contributed by atoms with van der Waals surface area (Å²) in [6.07, 6.45) is 2.39. The fourth-order valence-corrected chi connectivity index (χ4v) is 1.45. The van der Waals surface area contributed by atoms with Gasteiger partial charge in [0.15, 0.2) is 6.10 Å². The second kappa shape index (κ2) is 6.86. The van der Waals surface area contributed by atoms with E-state index in [4.69, 9.17) is 10.00 Å². The number of hydrazine groups is 1. The molecule has 0 aliphatic heterocycles. The van der Waals surface area contributed by atoms with Gasteiger partial charge in [-0.2, -0.15) is 5.26 Å². The third kappa shape index (κ3) is 4.18. The lowest BCUT2D eigenvalue weighted by Crippen LogP contribution is -2.40. The van der Waals surface area contributed by atoms with Gasteiger partial charge < -0.3 is 4.74 Å². The molecule has 0 fully saturated rings. The van der Waals surface area contributed by atoms with Crippen molar-refractivity contribution in [3.8, 4) is 11.8 Å². The van der Waals surface area contributed by atoms with Crippen LogP contribution in [0, 0.1) is 11.3 Å². The Balaban J connectivity index is 1.86. The monoisotopic (exact) mass is 283 g/mol. The third-order valence-electron chi connectivity index (χ3n) is 2.53. The van der Waals surface area contributed by atoms with Gasteiger partial charge in [-0.05, 0) is 37.3 Å². The van der Waals surface area contributed by atoms with Crippen LogP contribution in [-0.4, -0.2) is 22.0 Å². The van der Waals surface area contributed by atoms with Crippen LogP contribution < -0.4 is 15.6 Å². The lowest BCUT2D eigenvalue weighted by atomic mass is 10.2. The molecule has 7 nitrogen and oxygen atoms in total. The highest BCUT2D eigenvalue weighted by Crippen LogP contribution is 2.13. The molecule has 1 amide bonds. The summed E-state index contributed by atoms with van der Waals surface area (Å²) >= 11 is 0. The van der Waals surface area contributed by atoms with Gasteiger partial charge in [-0.1, -0.05) is 0 Å². The SMILES string of the molecule is CC(Oc1ccc(C#N)cc1)C(=O)NNc1ncccn1. The number of anilines is 1. The molecular weight excluding hydrogens is 270 g/mol. The summed E-state index contributed by atoms with van der Waals surface area (Å²) in [6, 6.07) is 10.2. The maximum Gasteiger partial charge on any atom is 0.279 e. The van der Waals surface area contributed by atoms with Gasteiger partial charge in [-0.15, -0.1) is 0 Å². The number of amides is 1. The van der Waals surface area contributed by atoms with Crippen LogP contribution in [0.2, 0.25) is 0 Å². The number of ether oxygens (including phenoxy) is 1. The van der Waals surface area contributed by atoms with Gasteiger partial charge >= 0.3 is 0 Å². The molecule has 0 aliphatic rings. The van der Waals surface area contributed by atoms with Gasteiger partial charge in [0, 0.05) is 12.4 Å². The van der Waals surface area contributed by atoms with Gasteiger partial charge in [0.05, 0.1) is 11.6 Å². The van der Waals surface area contributed by atoms with Gasteiger partial charge in [0.1, 0.15) is 5.75 Å². The number of rotatable bonds is 5. The minimum atomic E-state index is -0.714. The molecule has 1 aromatic heterocycles. The molecule has 0 aliphatic carbocycles. The highest BCUT2D eigenvalue weighted by atomic mass is 16.5. The molecule has 1 aromatic carbocycles. The molecule has 0 saturated carbocycles. The molecule has 0 spiro atoms. The zero-order valence-corrected chi connectivity index (χ0v) is 11.3. The summed E-state index contributed by atoms with van der Waals surface area (Å²) in [5.41, 5.74) is 5.56. The average Bonchev–Trinajstić information content (AvgIpc) is 2.54. The maximum atomic E-state index is 11.8. The van der Waals surface area contributed by atoms with Crippen LogP contribution >= 0.6 is 0 Å². The van der Waals surface area contributed by atoms with Crippen molar-refractivity contribution >= 4 is 11.9 Å². The van der Waals surface area contributed by atoms with Crippen LogP contribution in [0.3, 0.4) is 0 Å². The van der Waals surface area contributed by atoms with E-state index in [0.717, 1.165) is 0 Å². The summed E-state index contributed by atoms with van der Waals surface area (Å²) in [4.78, 5) is 19.6. The van der Waals surface area contributed by atoms with E-state index in [2.05, 4.69) is 20.8 Å². The Morgan fingerprint density at radius 2 is 1.95 bits per heavy atom. The largest absolute Gasteiger partial charge is 0.481 e. The number of carbonyl (C=O) groups is 1. The number of hydrogen-bond acceptors (Lipinski definition) is 6. The van der Waals surface area contributed by atoms with E-state index >= 15 is 0 Å². The van der Waals surface area contributed by atoms with Crippen LogP contribution in [0.5, 0.6) is 5.75 Å². The average molecular weight is 283 g/mol. The van der Waals surface area contributed by atoms with Crippen LogP contribution in [0.4, 0.5) is 5.95 Å². The molecule has 0 saturated heterocycles. The highest BCUT2D eigenvalue weighted by molar-refractivity contribution is 5.81. The molecule has 1 atom stereocenters. The van der Waals surface area contributed by atoms with E-state index in [9.17, 15) is 4.79 Å². The van der Waals surface area contributed by atoms with Crippen molar-refractivity contribution in [3.05, 3.63) is 48.3 Å². The van der Waals surface area contributed by atoms with E-state index in [-0.39, 0.29) is 11.9 Å². The van der Waals surface area contributed by atoms with Crippen molar-refractivity contribution in [1.82, 2.24) is 15.4 Å². The summed E-state index contributed by atoms with van der Waals surface area (Å²) in [5, 5.41) is 8.70. The quantitative estimate of drug-likeness (QED) is 0.801. The Kier molecular flexibility index (Phi) is 4.66. The first-order valence-corrected chi connectivity index (χ1v) is 6.19. The molecule has 7 heteroatoms. The minimum Gasteiger partial charge on any atom is -0.481 e. The Bertz CT molecular complexity index is 637. The van der Waals surface area contributed by atoms with Crippen molar-refractivity contribution in [2.24, 2.45) is 0 Å². The number of aromatic nitrogens is 2. The molecule has 2 N–H and O–H groups in total. The maximum absolute atomic E-state index is 11.8. The first-order valence-electron chi connectivity index (χ1n) is 6.19. The van der Waals surface area contributed by atoms with E-state index < -0.39 is 6.10 Å². The van der Waals surface area contributed by atoms with Crippen molar-refractivity contribution < 1.29 is 9.53 Å². The number of nitriles is 1. The number of nitrogens with zero attached hydrogens (tertiary/aromatic N) is 3. The molecule has 0 bridgehead atoms. The number of hydrogen-bond donors (Lipinski definition) is 2. The predicted molar refractivity (Wildman–Crippen MR) is 75.0 cm³/mol. The van der Waals surface area contributed by atoms with Gasteiger partial charge in [-0.3, -0.25) is 15.6 Å². The Hall–Kier alpha value is -3.14. The molecule has 0 radical (unpaired) electrons. The van der Waals surface area contributed by atoms with Gasteiger partial charge in [-0.25, -0.2) is 9.97 Å². The smallest absolute Gasteiger partial charge is 0.279 e. The molecule has 2 aromatic rings. The summed E-state index contributed by atoms with van der Waals surface area (Å²) < 4.78 is 5.46. The minimum absolute atomic E-state index is 0.288. The molecule has 106 valence electrons. The standard InChI is InChI=1S/C14H13N5O2/c1-10(21-12-5-3-11(9-15)4-6-12)13(20)18-19-14-16-7-2-8-17-14/h2-8,10H,1H3,(H,18,20)(H,16,17,19). The summed E-state index contributed by atoms with van der Waals surface area (Å²) in [7, 11) is 0. The first kappa shape index (κ1) is 14.3. The van der Waals surface area contributed by atoms with E-state index in [1.54, 1.807) is 49.6 Å². The molecule has 2 rings (SSSR count). The Morgan fingerprint density at radius 3 is 2.57 bits per heavy atom. The van der Waals surface area contributed by atoms with Crippen LogP contribution in [0.25, 0.3) is 0 Å². The topological polar surface area (TPSA) is 99.9 Å². The Labute approximate surface area is 121 Å².